The maximum Gasteiger partial charge on any atom is 0.119 e. The van der Waals surface area contributed by atoms with E-state index in [1.807, 2.05) is 19.0 Å². The molecule has 0 radical (unpaired) electrons. The second kappa shape index (κ2) is 2.86. The van der Waals surface area contributed by atoms with Crippen LogP contribution in [0.3, 0.4) is 0 Å². The van der Waals surface area contributed by atoms with Gasteiger partial charge in [-0.3, -0.25) is 9.80 Å². The normalized spacial score (nSPS) is 34.5. The lowest BCUT2D eigenvalue weighted by Crippen LogP contribution is -2.34. The maximum absolute atomic E-state index is 9.34. The zero-order chi connectivity index (χ0) is 7.72. The fourth-order valence-corrected chi connectivity index (χ4v) is 0.920. The molecule has 10 heavy (non-hydrogen) atoms. The number of likely N-dealkylation sites (N-methyl/N-ethyl adjacent to an activating group) is 1. The van der Waals surface area contributed by atoms with Gasteiger partial charge in [0.15, 0.2) is 0 Å². The maximum atomic E-state index is 9.34. The van der Waals surface area contributed by atoms with Crippen LogP contribution >= 0.6 is 0 Å². The Labute approximate surface area is 62.2 Å². The third kappa shape index (κ3) is 1.94. The summed E-state index contributed by atoms with van der Waals surface area (Å²) < 4.78 is 0. The predicted molar refractivity (Wildman–Crippen MR) is 40.7 cm³/mol. The Morgan fingerprint density at radius 2 is 2.20 bits per heavy atom. The Morgan fingerprint density at radius 3 is 2.50 bits per heavy atom. The number of hydrogen-bond acceptors (Lipinski definition) is 3. The molecule has 3 atom stereocenters. The van der Waals surface area contributed by atoms with Crippen molar-refractivity contribution in [1.29, 1.82) is 0 Å². The quantitative estimate of drug-likeness (QED) is 0.430. The summed E-state index contributed by atoms with van der Waals surface area (Å²) in [4.78, 5) is 4.07. The van der Waals surface area contributed by atoms with Crippen molar-refractivity contribution >= 4 is 0 Å². The summed E-state index contributed by atoms with van der Waals surface area (Å²) in [6.45, 7) is 4.10. The van der Waals surface area contributed by atoms with Crippen LogP contribution in [0, 0.1) is 0 Å². The lowest BCUT2D eigenvalue weighted by Gasteiger charge is -2.18. The minimum atomic E-state index is -0.301. The Balaban J connectivity index is 2.13. The molecule has 0 aliphatic carbocycles. The fourth-order valence-electron chi connectivity index (χ4n) is 0.920. The van der Waals surface area contributed by atoms with Crippen molar-refractivity contribution in [2.45, 2.75) is 19.2 Å². The number of aliphatic hydroxyl groups excluding tert-OH is 1. The zero-order valence-corrected chi connectivity index (χ0v) is 6.91. The van der Waals surface area contributed by atoms with E-state index in [2.05, 4.69) is 11.8 Å². The van der Waals surface area contributed by atoms with Gasteiger partial charge in [0.2, 0.25) is 0 Å². The highest BCUT2D eigenvalue weighted by Gasteiger charge is 2.30. The first-order valence-corrected chi connectivity index (χ1v) is 3.70. The molecular formula is C7H16N2O. The first-order valence-electron chi connectivity index (χ1n) is 3.70. The third-order valence-electron chi connectivity index (χ3n) is 1.98. The van der Waals surface area contributed by atoms with Gasteiger partial charge in [0, 0.05) is 19.1 Å². The van der Waals surface area contributed by atoms with Gasteiger partial charge in [-0.05, 0) is 21.0 Å². The fraction of sp³-hybridized carbons (Fsp3) is 1.00. The van der Waals surface area contributed by atoms with Gasteiger partial charge in [0.05, 0.1) is 0 Å². The summed E-state index contributed by atoms with van der Waals surface area (Å²) in [6, 6.07) is 0.689. The van der Waals surface area contributed by atoms with E-state index in [1.54, 1.807) is 0 Å². The van der Waals surface area contributed by atoms with Crippen molar-refractivity contribution in [3.8, 4) is 0 Å². The van der Waals surface area contributed by atoms with Crippen molar-refractivity contribution in [1.82, 2.24) is 9.80 Å². The van der Waals surface area contributed by atoms with Crippen LogP contribution in [-0.2, 0) is 0 Å². The van der Waals surface area contributed by atoms with E-state index in [-0.39, 0.29) is 6.23 Å². The average molecular weight is 144 g/mol. The Hall–Kier alpha value is -0.120. The van der Waals surface area contributed by atoms with Gasteiger partial charge >= 0.3 is 0 Å². The van der Waals surface area contributed by atoms with Gasteiger partial charge in [0.1, 0.15) is 6.23 Å². The summed E-state index contributed by atoms with van der Waals surface area (Å²) in [5.74, 6) is 0. The molecule has 3 heteroatoms. The summed E-state index contributed by atoms with van der Waals surface area (Å²) in [5.41, 5.74) is 0. The Kier molecular flexibility index (Phi) is 2.28. The molecule has 0 aromatic carbocycles. The summed E-state index contributed by atoms with van der Waals surface area (Å²) in [7, 11) is 3.78. The van der Waals surface area contributed by atoms with E-state index >= 15 is 0 Å². The summed E-state index contributed by atoms with van der Waals surface area (Å²) in [6.07, 6.45) is -0.301. The Morgan fingerprint density at radius 1 is 1.70 bits per heavy atom. The molecule has 0 saturated carbocycles. The van der Waals surface area contributed by atoms with Crippen molar-refractivity contribution in [3.63, 3.8) is 0 Å². The van der Waals surface area contributed by atoms with Gasteiger partial charge < -0.3 is 5.11 Å². The number of nitrogens with zero attached hydrogens (tertiary/aromatic N) is 2. The molecule has 1 rings (SSSR count). The molecule has 0 amide bonds. The van der Waals surface area contributed by atoms with E-state index in [9.17, 15) is 5.11 Å². The van der Waals surface area contributed by atoms with Crippen LogP contribution in [-0.4, -0.2) is 54.4 Å². The molecular weight excluding hydrogens is 128 g/mol. The molecule has 3 unspecified atom stereocenters. The molecule has 60 valence electrons. The molecule has 1 aliphatic rings. The molecule has 0 spiro atoms. The molecule has 1 fully saturated rings. The number of β-amino-alcohol motifs (C(OH)–C–C–N with tert-alkyl or cyclic N) is 1. The third-order valence-corrected chi connectivity index (χ3v) is 1.98. The topological polar surface area (TPSA) is 26.5 Å². The van der Waals surface area contributed by atoms with Crippen molar-refractivity contribution < 1.29 is 5.11 Å². The molecule has 1 aliphatic heterocycles. The van der Waals surface area contributed by atoms with Gasteiger partial charge in [-0.25, -0.2) is 0 Å². The van der Waals surface area contributed by atoms with Crippen LogP contribution in [0.15, 0.2) is 0 Å². The van der Waals surface area contributed by atoms with Crippen molar-refractivity contribution in [2.24, 2.45) is 0 Å². The van der Waals surface area contributed by atoms with E-state index in [0.717, 1.165) is 13.1 Å². The minimum absolute atomic E-state index is 0.301. The lowest BCUT2D eigenvalue weighted by molar-refractivity contribution is 0.0280. The first kappa shape index (κ1) is 7.98. The largest absolute Gasteiger partial charge is 0.377 e. The summed E-state index contributed by atoms with van der Waals surface area (Å²) in [5, 5.41) is 9.34. The van der Waals surface area contributed by atoms with Crippen LogP contribution in [0.5, 0.6) is 0 Å². The second-order valence-electron chi connectivity index (χ2n) is 3.25. The number of hydrogen-bond donors (Lipinski definition) is 1. The number of aliphatic hydroxyl groups is 1. The molecule has 0 bridgehead atoms. The van der Waals surface area contributed by atoms with Crippen LogP contribution in [0.2, 0.25) is 0 Å². The standard InChI is InChI=1S/C7H16N2O/c1-6-4-9(6)5-7(10)8(2)3/h6-7,10H,4-5H2,1-3H3. The molecule has 3 nitrogen and oxygen atoms in total. The number of rotatable bonds is 3. The van der Waals surface area contributed by atoms with Gasteiger partial charge in [-0.2, -0.15) is 0 Å². The van der Waals surface area contributed by atoms with E-state index < -0.39 is 0 Å². The first-order chi connectivity index (χ1) is 4.61. The molecule has 1 N–H and O–H groups in total. The molecule has 0 aromatic heterocycles. The van der Waals surface area contributed by atoms with E-state index in [4.69, 9.17) is 0 Å². The van der Waals surface area contributed by atoms with Crippen LogP contribution < -0.4 is 0 Å². The van der Waals surface area contributed by atoms with E-state index in [1.165, 1.54) is 0 Å². The van der Waals surface area contributed by atoms with Gasteiger partial charge in [-0.15, -0.1) is 0 Å². The van der Waals surface area contributed by atoms with Crippen LogP contribution in [0.4, 0.5) is 0 Å². The molecule has 1 heterocycles. The Bertz CT molecular complexity index is 116. The summed E-state index contributed by atoms with van der Waals surface area (Å²) >= 11 is 0. The minimum Gasteiger partial charge on any atom is -0.377 e. The highest BCUT2D eigenvalue weighted by molar-refractivity contribution is 4.85. The monoisotopic (exact) mass is 144 g/mol. The highest BCUT2D eigenvalue weighted by atomic mass is 16.3. The zero-order valence-electron chi connectivity index (χ0n) is 6.91. The van der Waals surface area contributed by atoms with Crippen molar-refractivity contribution in [3.05, 3.63) is 0 Å². The smallest absolute Gasteiger partial charge is 0.119 e. The SMILES string of the molecule is CC1CN1CC(O)N(C)C. The molecule has 1 saturated heterocycles. The lowest BCUT2D eigenvalue weighted by atomic mass is 10.5. The van der Waals surface area contributed by atoms with E-state index in [0.29, 0.717) is 6.04 Å². The second-order valence-corrected chi connectivity index (χ2v) is 3.25. The highest BCUT2D eigenvalue weighted by Crippen LogP contribution is 2.15. The van der Waals surface area contributed by atoms with Crippen molar-refractivity contribution in [2.75, 3.05) is 27.2 Å². The predicted octanol–water partition coefficient (Wildman–Crippen LogP) is -0.429. The van der Waals surface area contributed by atoms with Gasteiger partial charge in [-0.1, -0.05) is 0 Å². The molecule has 0 aromatic rings. The van der Waals surface area contributed by atoms with Crippen LogP contribution in [0.25, 0.3) is 0 Å². The average Bonchev–Trinajstić information content (AvgIpc) is 2.46. The van der Waals surface area contributed by atoms with Gasteiger partial charge in [0.25, 0.3) is 0 Å². The van der Waals surface area contributed by atoms with Crippen LogP contribution in [0.1, 0.15) is 6.92 Å².